The first-order chi connectivity index (χ1) is 29.8. The Kier molecular flexibility index (Phi) is 7.70. The van der Waals surface area contributed by atoms with E-state index in [1.807, 2.05) is 6.26 Å². The predicted molar refractivity (Wildman–Crippen MR) is 246 cm³/mol. The molecule has 0 saturated carbocycles. The second-order valence-corrected chi connectivity index (χ2v) is 15.9. The highest BCUT2D eigenvalue weighted by atomic mass is 16.3. The van der Waals surface area contributed by atoms with E-state index in [2.05, 4.69) is 235 Å². The van der Waals surface area contributed by atoms with Gasteiger partial charge >= 0.3 is 0 Å². The molecule has 0 N–H and O–H groups in total. The van der Waals surface area contributed by atoms with Crippen molar-refractivity contribution in [2.75, 3.05) is 4.90 Å². The summed E-state index contributed by atoms with van der Waals surface area (Å²) in [7, 11) is 0. The SMILES string of the molecule is c1ccc(C2(c3ccccc3)c3ccccc3-c3ccc(N(c4cccc5c4-c4ccccc4C5(c4ccccc4)c4ccccc4)c4cccc5ccoc45)cc32)cc1. The summed E-state index contributed by atoms with van der Waals surface area (Å²) in [6.45, 7) is 0. The number of rotatable bonds is 7. The van der Waals surface area contributed by atoms with Crippen LogP contribution in [0.4, 0.5) is 17.1 Å². The zero-order valence-corrected chi connectivity index (χ0v) is 32.9. The molecule has 0 radical (unpaired) electrons. The standard InChI is InChI=1S/C58H39NO/c1-5-20-41(21-6-1)57(42-22-7-2-8-23-42)50-31-16-14-29-48(50)55-51(57)32-18-33-53(55)59(54-34-17-19-40-37-38-60-56(40)54)45-35-36-47-46-28-13-15-30-49(46)58(52(47)39-45,43-24-9-3-10-25-43)44-26-11-4-12-27-44/h1-39H. The van der Waals surface area contributed by atoms with Crippen LogP contribution >= 0.6 is 0 Å². The molecule has 0 fully saturated rings. The Labute approximate surface area is 350 Å². The minimum Gasteiger partial charge on any atom is -0.462 e. The molecule has 10 aromatic rings. The summed E-state index contributed by atoms with van der Waals surface area (Å²) in [6, 6.07) is 84.7. The van der Waals surface area contributed by atoms with Crippen molar-refractivity contribution in [3.05, 3.63) is 281 Å². The fraction of sp³-hybridized carbons (Fsp3) is 0.0345. The van der Waals surface area contributed by atoms with Crippen LogP contribution < -0.4 is 4.90 Å². The third kappa shape index (κ3) is 4.70. The Bertz CT molecular complexity index is 3120. The van der Waals surface area contributed by atoms with Gasteiger partial charge in [0.25, 0.3) is 0 Å². The lowest BCUT2D eigenvalue weighted by atomic mass is 9.67. The van der Waals surface area contributed by atoms with E-state index in [0.717, 1.165) is 28.0 Å². The van der Waals surface area contributed by atoms with E-state index in [1.54, 1.807) is 0 Å². The Hall–Kier alpha value is -7.68. The molecule has 1 aromatic heterocycles. The number of hydrogen-bond acceptors (Lipinski definition) is 2. The summed E-state index contributed by atoms with van der Waals surface area (Å²) < 4.78 is 6.42. The lowest BCUT2D eigenvalue weighted by Crippen LogP contribution is -2.29. The summed E-state index contributed by atoms with van der Waals surface area (Å²) in [5, 5.41) is 1.06. The molecule has 60 heavy (non-hydrogen) atoms. The van der Waals surface area contributed by atoms with E-state index in [1.165, 1.54) is 66.8 Å². The van der Waals surface area contributed by atoms with Gasteiger partial charge in [0.05, 0.1) is 28.5 Å². The molecule has 2 nitrogen and oxygen atoms in total. The molecule has 0 saturated heterocycles. The van der Waals surface area contributed by atoms with Crippen LogP contribution in [-0.4, -0.2) is 0 Å². The first kappa shape index (κ1) is 34.4. The zero-order valence-electron chi connectivity index (χ0n) is 32.9. The van der Waals surface area contributed by atoms with Crippen LogP contribution in [0.5, 0.6) is 0 Å². The van der Waals surface area contributed by atoms with Crippen molar-refractivity contribution in [2.45, 2.75) is 10.8 Å². The van der Waals surface area contributed by atoms with E-state index in [9.17, 15) is 0 Å². The highest BCUT2D eigenvalue weighted by Crippen LogP contribution is 2.61. The normalized spacial score (nSPS) is 13.9. The number of para-hydroxylation sites is 1. The molecule has 9 aromatic carbocycles. The molecular weight excluding hydrogens is 727 g/mol. The van der Waals surface area contributed by atoms with Crippen LogP contribution in [0, 0.1) is 0 Å². The van der Waals surface area contributed by atoms with Gasteiger partial charge < -0.3 is 9.32 Å². The summed E-state index contributed by atoms with van der Waals surface area (Å²) >= 11 is 0. The van der Waals surface area contributed by atoms with Crippen molar-refractivity contribution >= 4 is 28.0 Å². The van der Waals surface area contributed by atoms with Gasteiger partial charge in [0.15, 0.2) is 5.58 Å². The van der Waals surface area contributed by atoms with Crippen molar-refractivity contribution in [1.82, 2.24) is 0 Å². The number of nitrogens with zero attached hydrogens (tertiary/aromatic N) is 1. The fourth-order valence-electron chi connectivity index (χ4n) is 10.8. The van der Waals surface area contributed by atoms with Crippen LogP contribution in [-0.2, 0) is 10.8 Å². The molecule has 0 spiro atoms. The topological polar surface area (TPSA) is 16.4 Å². The number of fused-ring (bicyclic) bond motifs is 7. The molecule has 0 atom stereocenters. The second-order valence-electron chi connectivity index (χ2n) is 15.9. The number of benzene rings is 9. The lowest BCUT2D eigenvalue weighted by molar-refractivity contribution is 0.616. The van der Waals surface area contributed by atoms with E-state index in [4.69, 9.17) is 4.42 Å². The van der Waals surface area contributed by atoms with Crippen molar-refractivity contribution in [2.24, 2.45) is 0 Å². The minimum absolute atomic E-state index is 0.540. The second kappa shape index (κ2) is 13.4. The average molecular weight is 766 g/mol. The molecular formula is C58H39NO. The van der Waals surface area contributed by atoms with Gasteiger partial charge in [-0.1, -0.05) is 200 Å². The monoisotopic (exact) mass is 765 g/mol. The van der Waals surface area contributed by atoms with Crippen LogP contribution in [0.25, 0.3) is 33.2 Å². The van der Waals surface area contributed by atoms with Gasteiger partial charge in [0, 0.05) is 16.6 Å². The van der Waals surface area contributed by atoms with Crippen molar-refractivity contribution in [3.63, 3.8) is 0 Å². The number of furan rings is 1. The zero-order chi connectivity index (χ0) is 39.7. The molecule has 12 rings (SSSR count). The van der Waals surface area contributed by atoms with Crippen molar-refractivity contribution in [3.8, 4) is 22.3 Å². The molecule has 1 heterocycles. The largest absolute Gasteiger partial charge is 0.462 e. The Morgan fingerprint density at radius 3 is 1.42 bits per heavy atom. The quantitative estimate of drug-likeness (QED) is 0.161. The van der Waals surface area contributed by atoms with Crippen LogP contribution in [0.1, 0.15) is 44.5 Å². The van der Waals surface area contributed by atoms with E-state index in [0.29, 0.717) is 0 Å². The highest BCUT2D eigenvalue weighted by Gasteiger charge is 2.49. The van der Waals surface area contributed by atoms with Crippen molar-refractivity contribution < 1.29 is 4.42 Å². The van der Waals surface area contributed by atoms with Gasteiger partial charge in [-0.15, -0.1) is 0 Å². The Morgan fingerprint density at radius 2 is 0.800 bits per heavy atom. The third-order valence-corrected chi connectivity index (χ3v) is 13.1. The maximum atomic E-state index is 6.42. The first-order valence-corrected chi connectivity index (χ1v) is 20.8. The first-order valence-electron chi connectivity index (χ1n) is 20.8. The lowest BCUT2D eigenvalue weighted by Gasteiger charge is -2.35. The number of hydrogen-bond donors (Lipinski definition) is 0. The van der Waals surface area contributed by atoms with Crippen LogP contribution in [0.15, 0.2) is 241 Å². The average Bonchev–Trinajstić information content (AvgIpc) is 4.02. The molecule has 2 heteroatoms. The van der Waals surface area contributed by atoms with Gasteiger partial charge in [0.1, 0.15) is 0 Å². The summed E-state index contributed by atoms with van der Waals surface area (Å²) in [5.74, 6) is 0. The maximum absolute atomic E-state index is 6.42. The fourth-order valence-corrected chi connectivity index (χ4v) is 10.8. The van der Waals surface area contributed by atoms with Gasteiger partial charge in [-0.25, -0.2) is 0 Å². The van der Waals surface area contributed by atoms with E-state index >= 15 is 0 Å². The Balaban J connectivity index is 1.19. The van der Waals surface area contributed by atoms with E-state index < -0.39 is 10.8 Å². The van der Waals surface area contributed by atoms with E-state index in [-0.39, 0.29) is 0 Å². The molecule has 0 amide bonds. The van der Waals surface area contributed by atoms with Gasteiger partial charge in [-0.3, -0.25) is 0 Å². The van der Waals surface area contributed by atoms with Crippen molar-refractivity contribution in [1.29, 1.82) is 0 Å². The molecule has 2 aliphatic carbocycles. The summed E-state index contributed by atoms with van der Waals surface area (Å²) in [5.41, 5.74) is 17.9. The molecule has 2 aliphatic rings. The molecule has 0 unspecified atom stereocenters. The highest BCUT2D eigenvalue weighted by molar-refractivity contribution is 6.02. The Morgan fingerprint density at radius 1 is 0.333 bits per heavy atom. The third-order valence-electron chi connectivity index (χ3n) is 13.1. The smallest absolute Gasteiger partial charge is 0.157 e. The number of anilines is 3. The minimum atomic E-state index is -0.548. The summed E-state index contributed by atoms with van der Waals surface area (Å²) in [6.07, 6.45) is 1.81. The molecule has 0 bridgehead atoms. The molecule has 282 valence electrons. The molecule has 0 aliphatic heterocycles. The predicted octanol–water partition coefficient (Wildman–Crippen LogP) is 14.6. The maximum Gasteiger partial charge on any atom is 0.157 e. The van der Waals surface area contributed by atoms with Gasteiger partial charge in [0.2, 0.25) is 0 Å². The van der Waals surface area contributed by atoms with Gasteiger partial charge in [-0.05, 0) is 91.5 Å². The van der Waals surface area contributed by atoms with Gasteiger partial charge in [-0.2, -0.15) is 0 Å². The summed E-state index contributed by atoms with van der Waals surface area (Å²) in [4.78, 5) is 2.46. The van der Waals surface area contributed by atoms with Crippen LogP contribution in [0.2, 0.25) is 0 Å². The van der Waals surface area contributed by atoms with Crippen LogP contribution in [0.3, 0.4) is 0 Å².